The number of fused-ring (bicyclic) bond motifs is 2. The molecule has 5 atom stereocenters. The zero-order valence-electron chi connectivity index (χ0n) is 31.3. The number of aromatic hydroxyl groups is 4. The summed E-state index contributed by atoms with van der Waals surface area (Å²) in [6.07, 6.45) is 7.48. The minimum Gasteiger partial charge on any atom is -0.511 e. The largest absolute Gasteiger partial charge is 0.511 e. The van der Waals surface area contributed by atoms with Gasteiger partial charge in [0.2, 0.25) is 0 Å². The van der Waals surface area contributed by atoms with Crippen molar-refractivity contribution in [1.29, 1.82) is 0 Å². The van der Waals surface area contributed by atoms with Crippen molar-refractivity contribution in [1.82, 2.24) is 0 Å². The average Bonchev–Trinajstić information content (AvgIpc) is 3.14. The highest BCUT2D eigenvalue weighted by Gasteiger charge is 2.66. The zero-order chi connectivity index (χ0) is 38.6. The van der Waals surface area contributed by atoms with Gasteiger partial charge in [-0.3, -0.25) is 0 Å². The third kappa shape index (κ3) is 5.59. The van der Waals surface area contributed by atoms with Gasteiger partial charge in [-0.15, -0.1) is 0 Å². The fraction of sp³-hybridized carbons (Fsp3) is 0.348. The van der Waals surface area contributed by atoms with Gasteiger partial charge >= 0.3 is 0 Å². The lowest BCUT2D eigenvalue weighted by Gasteiger charge is -2.63. The number of allylic oxidation sites excluding steroid dienone is 7. The average molecular weight is 717 g/mol. The van der Waals surface area contributed by atoms with Gasteiger partial charge in [-0.05, 0) is 120 Å². The van der Waals surface area contributed by atoms with Crippen LogP contribution in [0.1, 0.15) is 77.8 Å². The summed E-state index contributed by atoms with van der Waals surface area (Å²) in [6, 6.07) is 16.6. The Labute approximate surface area is 311 Å². The van der Waals surface area contributed by atoms with Crippen LogP contribution < -0.4 is 0 Å². The Kier molecular flexibility index (Phi) is 9.71. The monoisotopic (exact) mass is 716 g/mol. The maximum atomic E-state index is 13.0. The fourth-order valence-electron chi connectivity index (χ4n) is 10.2. The summed E-state index contributed by atoms with van der Waals surface area (Å²) in [5.74, 6) is -1.11. The molecule has 7 heteroatoms. The first-order valence-corrected chi connectivity index (χ1v) is 18.5. The van der Waals surface area contributed by atoms with Gasteiger partial charge in [-0.25, -0.2) is 0 Å². The summed E-state index contributed by atoms with van der Waals surface area (Å²) in [6.45, 7) is 17.8. The molecule has 4 aromatic carbocycles. The van der Waals surface area contributed by atoms with E-state index >= 15 is 0 Å². The Hall–Kier alpha value is -5.14. The molecule has 278 valence electrons. The zero-order valence-corrected chi connectivity index (χ0v) is 31.3. The minimum absolute atomic E-state index is 0.0285. The van der Waals surface area contributed by atoms with Crippen molar-refractivity contribution in [2.24, 2.45) is 17.3 Å². The standard InChI is InChI=1S/C46H52O7/c1-8-26(2)43(53)45(7,41-35-18-16-33(49)25-31(35)14-21-37(41)51)46(22-10-9-11-23-46)44(6,40-34-17-15-32(48)24-30(34)13-20-36(40)50)42-38(52)19-12-27(3)39(42)28(4)29(5)47/h8,12-21,24-25,28-29,39,47-53H,1,3,9-11,22-23H2,2,4-7H3/b43-26+/t28-,29-,39?,44?,45?/m0/s1. The molecule has 1 fully saturated rings. The van der Waals surface area contributed by atoms with E-state index in [9.17, 15) is 35.7 Å². The van der Waals surface area contributed by atoms with E-state index in [4.69, 9.17) is 0 Å². The highest BCUT2D eigenvalue weighted by molar-refractivity contribution is 5.93. The van der Waals surface area contributed by atoms with E-state index in [0.29, 0.717) is 62.2 Å². The van der Waals surface area contributed by atoms with Crippen LogP contribution in [0.2, 0.25) is 0 Å². The van der Waals surface area contributed by atoms with Gasteiger partial charge in [0.05, 0.1) is 11.5 Å². The van der Waals surface area contributed by atoms with Crippen molar-refractivity contribution >= 4 is 21.5 Å². The van der Waals surface area contributed by atoms with Gasteiger partial charge in [0.25, 0.3) is 0 Å². The van der Waals surface area contributed by atoms with Gasteiger partial charge in [0.1, 0.15) is 34.5 Å². The molecular formula is C46H52O7. The quantitative estimate of drug-likeness (QED) is 0.0675. The predicted molar refractivity (Wildman–Crippen MR) is 213 cm³/mol. The Morgan fingerprint density at radius 2 is 1.32 bits per heavy atom. The Morgan fingerprint density at radius 3 is 1.85 bits per heavy atom. The van der Waals surface area contributed by atoms with Gasteiger partial charge in [-0.2, -0.15) is 0 Å². The van der Waals surface area contributed by atoms with Crippen LogP contribution >= 0.6 is 0 Å². The number of rotatable bonds is 9. The predicted octanol–water partition coefficient (Wildman–Crippen LogP) is 10.6. The smallest absolute Gasteiger partial charge is 0.120 e. The van der Waals surface area contributed by atoms with Crippen LogP contribution in [0.5, 0.6) is 23.0 Å². The number of phenols is 4. The third-order valence-electron chi connectivity index (χ3n) is 13.0. The van der Waals surface area contributed by atoms with Gasteiger partial charge < -0.3 is 35.7 Å². The molecule has 2 aliphatic rings. The summed E-state index contributed by atoms with van der Waals surface area (Å²) >= 11 is 0. The van der Waals surface area contributed by atoms with Crippen LogP contribution in [0, 0.1) is 17.3 Å². The summed E-state index contributed by atoms with van der Waals surface area (Å²) < 4.78 is 0. The van der Waals surface area contributed by atoms with Gasteiger partial charge in [0.15, 0.2) is 0 Å². The van der Waals surface area contributed by atoms with Crippen molar-refractivity contribution in [3.8, 4) is 23.0 Å². The van der Waals surface area contributed by atoms with Crippen molar-refractivity contribution in [3.63, 3.8) is 0 Å². The molecule has 0 aromatic heterocycles. The molecule has 0 amide bonds. The van der Waals surface area contributed by atoms with E-state index in [0.717, 1.165) is 19.3 Å². The number of hydrogen-bond donors (Lipinski definition) is 7. The lowest BCUT2D eigenvalue weighted by molar-refractivity contribution is -0.00679. The third-order valence-corrected chi connectivity index (χ3v) is 13.0. The van der Waals surface area contributed by atoms with Crippen LogP contribution in [0.15, 0.2) is 120 Å². The van der Waals surface area contributed by atoms with Crippen LogP contribution in [0.25, 0.3) is 21.5 Å². The molecule has 4 aromatic rings. The molecule has 3 unspecified atom stereocenters. The molecular weight excluding hydrogens is 664 g/mol. The summed E-state index contributed by atoms with van der Waals surface area (Å²) in [4.78, 5) is 0. The minimum atomic E-state index is -1.46. The highest BCUT2D eigenvalue weighted by Crippen LogP contribution is 2.70. The second-order valence-corrected chi connectivity index (χ2v) is 15.6. The maximum Gasteiger partial charge on any atom is 0.120 e. The molecule has 0 heterocycles. The lowest BCUT2D eigenvalue weighted by Crippen LogP contribution is -2.60. The van der Waals surface area contributed by atoms with E-state index in [1.807, 2.05) is 20.8 Å². The number of hydrogen-bond acceptors (Lipinski definition) is 7. The van der Waals surface area contributed by atoms with Crippen molar-refractivity contribution in [2.45, 2.75) is 83.7 Å². The first kappa shape index (κ1) is 37.6. The summed E-state index contributed by atoms with van der Waals surface area (Å²) in [5.41, 5.74) is -1.36. The van der Waals surface area contributed by atoms with Crippen LogP contribution in [0.4, 0.5) is 0 Å². The number of aliphatic hydroxyl groups is 3. The highest BCUT2D eigenvalue weighted by atomic mass is 16.3. The van der Waals surface area contributed by atoms with E-state index < -0.39 is 34.2 Å². The number of phenolic OH excluding ortho intramolecular Hbond substituents is 4. The summed E-state index contributed by atoms with van der Waals surface area (Å²) in [5, 5.41) is 84.8. The molecule has 0 aliphatic heterocycles. The second-order valence-electron chi connectivity index (χ2n) is 15.6. The molecule has 0 radical (unpaired) electrons. The first-order chi connectivity index (χ1) is 25.0. The van der Waals surface area contributed by atoms with E-state index in [1.165, 1.54) is 0 Å². The SMILES string of the molecule is C=C/C(C)=C(/O)C(C)(c1c(O)ccc2cc(O)ccc12)C1(C(C)(C2=C(O)C=CC(=C)C2[C@@H](C)[C@H](C)O)c2c(O)ccc3cc(O)ccc23)CCCCC1. The molecule has 0 spiro atoms. The fourth-order valence-corrected chi connectivity index (χ4v) is 10.2. The molecule has 2 aliphatic carbocycles. The number of aliphatic hydroxyl groups excluding tert-OH is 3. The topological polar surface area (TPSA) is 142 Å². The first-order valence-electron chi connectivity index (χ1n) is 18.5. The Morgan fingerprint density at radius 1 is 0.792 bits per heavy atom. The summed E-state index contributed by atoms with van der Waals surface area (Å²) in [7, 11) is 0. The normalized spacial score (nSPS) is 21.5. The molecule has 53 heavy (non-hydrogen) atoms. The number of benzene rings is 4. The van der Waals surface area contributed by atoms with Crippen LogP contribution in [-0.2, 0) is 10.8 Å². The lowest BCUT2D eigenvalue weighted by atomic mass is 9.39. The van der Waals surface area contributed by atoms with Crippen molar-refractivity contribution in [2.75, 3.05) is 0 Å². The Bertz CT molecular complexity index is 2220. The van der Waals surface area contributed by atoms with Crippen molar-refractivity contribution in [3.05, 3.63) is 131 Å². The van der Waals surface area contributed by atoms with Crippen LogP contribution in [0.3, 0.4) is 0 Å². The maximum absolute atomic E-state index is 13.0. The van der Waals surface area contributed by atoms with Crippen molar-refractivity contribution < 1.29 is 35.7 Å². The Balaban J connectivity index is 1.92. The molecule has 7 nitrogen and oxygen atoms in total. The van der Waals surface area contributed by atoms with E-state index in [2.05, 4.69) is 13.2 Å². The van der Waals surface area contributed by atoms with Crippen LogP contribution in [-0.4, -0.2) is 41.8 Å². The van der Waals surface area contributed by atoms with Gasteiger partial charge in [0, 0.05) is 27.9 Å². The van der Waals surface area contributed by atoms with Gasteiger partial charge in [-0.1, -0.05) is 82.7 Å². The molecule has 0 bridgehead atoms. The molecule has 1 saturated carbocycles. The molecule has 0 saturated heterocycles. The second kappa shape index (κ2) is 13.7. The molecule has 7 N–H and O–H groups in total. The van der Waals surface area contributed by atoms with E-state index in [-0.39, 0.29) is 34.5 Å². The van der Waals surface area contributed by atoms with E-state index in [1.54, 1.807) is 92.7 Å². The molecule has 6 rings (SSSR count).